The first kappa shape index (κ1) is 15.5. The van der Waals surface area contributed by atoms with Gasteiger partial charge < -0.3 is 9.47 Å². The van der Waals surface area contributed by atoms with Gasteiger partial charge in [-0.1, -0.05) is 0 Å². The summed E-state index contributed by atoms with van der Waals surface area (Å²) in [6.07, 6.45) is 4.25. The van der Waals surface area contributed by atoms with E-state index in [0.717, 1.165) is 25.7 Å². The molecular formula is C16H15NO5S. The van der Waals surface area contributed by atoms with Gasteiger partial charge in [0.25, 0.3) is 5.69 Å². The van der Waals surface area contributed by atoms with Gasteiger partial charge in [-0.05, 0) is 43.4 Å². The highest BCUT2D eigenvalue weighted by Crippen LogP contribution is 2.34. The Kier molecular flexibility index (Phi) is 4.29. The van der Waals surface area contributed by atoms with Gasteiger partial charge in [0.15, 0.2) is 11.5 Å². The number of carbonyl (C=O) groups excluding carboxylic acids is 1. The molecule has 120 valence electrons. The normalized spacial score (nSPS) is 13.3. The molecule has 1 aromatic heterocycles. The number of methoxy groups -OCH3 is 1. The molecule has 1 aliphatic carbocycles. The largest absolute Gasteiger partial charge is 0.493 e. The minimum absolute atomic E-state index is 0.0538. The van der Waals surface area contributed by atoms with Crippen LogP contribution in [0, 0.1) is 10.1 Å². The molecule has 0 fully saturated rings. The van der Waals surface area contributed by atoms with Crippen LogP contribution in [-0.2, 0) is 12.8 Å². The fourth-order valence-electron chi connectivity index (χ4n) is 2.60. The predicted octanol–water partition coefficient (Wildman–Crippen LogP) is 3.76. The number of fused-ring (bicyclic) bond motifs is 1. The Bertz CT molecular complexity index is 744. The number of rotatable bonds is 4. The van der Waals surface area contributed by atoms with Crippen LogP contribution in [0.4, 0.5) is 5.69 Å². The van der Waals surface area contributed by atoms with Crippen molar-refractivity contribution in [1.82, 2.24) is 0 Å². The molecule has 0 atom stereocenters. The SMILES string of the molecule is COc1ccc([N+](=O)[O-])cc1OC(=O)c1cc2c(s1)CCCC2. The van der Waals surface area contributed by atoms with Gasteiger partial charge in [-0.15, -0.1) is 11.3 Å². The van der Waals surface area contributed by atoms with Crippen LogP contribution in [0.5, 0.6) is 11.5 Å². The van der Waals surface area contributed by atoms with E-state index in [1.807, 2.05) is 6.07 Å². The highest BCUT2D eigenvalue weighted by atomic mass is 32.1. The van der Waals surface area contributed by atoms with Crippen molar-refractivity contribution in [1.29, 1.82) is 0 Å². The second kappa shape index (κ2) is 6.37. The summed E-state index contributed by atoms with van der Waals surface area (Å²) in [6, 6.07) is 5.79. The standard InChI is InChI=1S/C16H15NO5S/c1-21-12-7-6-11(17(19)20)9-13(12)22-16(18)15-8-10-4-2-3-5-14(10)23-15/h6-9H,2-5H2,1H3. The van der Waals surface area contributed by atoms with Crippen LogP contribution in [-0.4, -0.2) is 18.0 Å². The fraction of sp³-hybridized carbons (Fsp3) is 0.312. The van der Waals surface area contributed by atoms with Crippen LogP contribution in [0.2, 0.25) is 0 Å². The van der Waals surface area contributed by atoms with E-state index >= 15 is 0 Å². The van der Waals surface area contributed by atoms with E-state index in [2.05, 4.69) is 0 Å². The van der Waals surface area contributed by atoms with E-state index in [4.69, 9.17) is 9.47 Å². The topological polar surface area (TPSA) is 78.7 Å². The summed E-state index contributed by atoms with van der Waals surface area (Å²) in [5.74, 6) is -0.175. The molecule has 0 spiro atoms. The van der Waals surface area contributed by atoms with E-state index in [0.29, 0.717) is 4.88 Å². The number of benzene rings is 1. The van der Waals surface area contributed by atoms with E-state index in [1.165, 1.54) is 47.1 Å². The van der Waals surface area contributed by atoms with E-state index < -0.39 is 10.9 Å². The van der Waals surface area contributed by atoms with Crippen molar-refractivity contribution in [2.75, 3.05) is 7.11 Å². The van der Waals surface area contributed by atoms with E-state index in [-0.39, 0.29) is 17.2 Å². The molecule has 0 saturated carbocycles. The monoisotopic (exact) mass is 333 g/mol. The maximum Gasteiger partial charge on any atom is 0.353 e. The first-order valence-corrected chi connectivity index (χ1v) is 8.06. The fourth-order valence-corrected chi connectivity index (χ4v) is 3.73. The summed E-state index contributed by atoms with van der Waals surface area (Å²) >= 11 is 1.44. The first-order chi connectivity index (χ1) is 11.1. The average Bonchev–Trinajstić information content (AvgIpc) is 2.99. The van der Waals surface area contributed by atoms with Crippen LogP contribution in [0.3, 0.4) is 0 Å². The minimum Gasteiger partial charge on any atom is -0.493 e. The van der Waals surface area contributed by atoms with Gasteiger partial charge >= 0.3 is 5.97 Å². The van der Waals surface area contributed by atoms with Gasteiger partial charge in [0.2, 0.25) is 0 Å². The van der Waals surface area contributed by atoms with Crippen molar-refractivity contribution in [2.45, 2.75) is 25.7 Å². The lowest BCUT2D eigenvalue weighted by Crippen LogP contribution is -2.07. The molecule has 0 amide bonds. The van der Waals surface area contributed by atoms with Gasteiger partial charge in [0, 0.05) is 10.9 Å². The minimum atomic E-state index is -0.541. The highest BCUT2D eigenvalue weighted by molar-refractivity contribution is 7.14. The zero-order valence-corrected chi connectivity index (χ0v) is 13.4. The quantitative estimate of drug-likeness (QED) is 0.368. The number of carbonyl (C=O) groups is 1. The summed E-state index contributed by atoms with van der Waals surface area (Å²) < 4.78 is 10.4. The Hall–Kier alpha value is -2.41. The number of esters is 1. The second-order valence-corrected chi connectivity index (χ2v) is 6.38. The van der Waals surface area contributed by atoms with Crippen molar-refractivity contribution in [3.8, 4) is 11.5 Å². The molecular weight excluding hydrogens is 318 g/mol. The van der Waals surface area contributed by atoms with Gasteiger partial charge in [-0.3, -0.25) is 10.1 Å². The lowest BCUT2D eigenvalue weighted by atomic mass is 9.99. The number of nitrogens with zero attached hydrogens (tertiary/aromatic N) is 1. The molecule has 1 aliphatic rings. The third kappa shape index (κ3) is 3.19. The summed E-state index contributed by atoms with van der Waals surface area (Å²) in [7, 11) is 1.42. The van der Waals surface area contributed by atoms with Gasteiger partial charge in [0.1, 0.15) is 4.88 Å². The van der Waals surface area contributed by atoms with Crippen molar-refractivity contribution >= 4 is 23.0 Å². The molecule has 0 aliphatic heterocycles. The zero-order chi connectivity index (χ0) is 16.4. The predicted molar refractivity (Wildman–Crippen MR) is 85.6 cm³/mol. The molecule has 2 aromatic rings. The Morgan fingerprint density at radius 3 is 2.70 bits per heavy atom. The number of thiophene rings is 1. The van der Waals surface area contributed by atoms with E-state index in [9.17, 15) is 14.9 Å². The lowest BCUT2D eigenvalue weighted by Gasteiger charge is -2.08. The van der Waals surface area contributed by atoms with Crippen LogP contribution in [0.15, 0.2) is 24.3 Å². The summed E-state index contributed by atoms with van der Waals surface area (Å²) in [5, 5.41) is 10.9. The number of non-ortho nitro benzene ring substituents is 1. The molecule has 0 radical (unpaired) electrons. The Labute approximate surface area is 136 Å². The van der Waals surface area contributed by atoms with Crippen molar-refractivity contribution in [3.05, 3.63) is 49.7 Å². The number of nitro benzene ring substituents is 1. The number of nitro groups is 1. The maximum atomic E-state index is 12.3. The van der Waals surface area contributed by atoms with E-state index in [1.54, 1.807) is 0 Å². The van der Waals surface area contributed by atoms with Gasteiger partial charge in [-0.25, -0.2) is 4.79 Å². The van der Waals surface area contributed by atoms with Crippen molar-refractivity contribution in [3.63, 3.8) is 0 Å². The van der Waals surface area contributed by atoms with Crippen molar-refractivity contribution < 1.29 is 19.2 Å². The third-order valence-electron chi connectivity index (χ3n) is 3.76. The summed E-state index contributed by atoms with van der Waals surface area (Å²) in [6.45, 7) is 0. The Morgan fingerprint density at radius 2 is 2.00 bits per heavy atom. The second-order valence-electron chi connectivity index (χ2n) is 5.25. The average molecular weight is 333 g/mol. The maximum absolute atomic E-state index is 12.3. The molecule has 7 heteroatoms. The molecule has 0 saturated heterocycles. The Morgan fingerprint density at radius 1 is 1.22 bits per heavy atom. The number of ether oxygens (including phenoxy) is 2. The summed E-state index contributed by atoms with van der Waals surface area (Å²) in [5.41, 5.74) is 1.05. The first-order valence-electron chi connectivity index (χ1n) is 7.24. The van der Waals surface area contributed by atoms with Gasteiger partial charge in [-0.2, -0.15) is 0 Å². The number of hydrogen-bond acceptors (Lipinski definition) is 6. The Balaban J connectivity index is 1.85. The molecule has 1 heterocycles. The molecule has 6 nitrogen and oxygen atoms in total. The molecule has 1 aromatic carbocycles. The number of aryl methyl sites for hydroxylation is 2. The van der Waals surface area contributed by atoms with Crippen LogP contribution < -0.4 is 9.47 Å². The third-order valence-corrected chi connectivity index (χ3v) is 4.98. The van der Waals surface area contributed by atoms with Crippen molar-refractivity contribution in [2.24, 2.45) is 0 Å². The molecule has 0 N–H and O–H groups in total. The lowest BCUT2D eigenvalue weighted by molar-refractivity contribution is -0.384. The van der Waals surface area contributed by atoms with Crippen LogP contribution in [0.25, 0.3) is 0 Å². The molecule has 23 heavy (non-hydrogen) atoms. The highest BCUT2D eigenvalue weighted by Gasteiger charge is 2.21. The van der Waals surface area contributed by atoms with Crippen LogP contribution in [0.1, 0.15) is 33.0 Å². The molecule has 0 bridgehead atoms. The van der Waals surface area contributed by atoms with Crippen LogP contribution >= 0.6 is 11.3 Å². The molecule has 0 unspecified atom stereocenters. The molecule has 3 rings (SSSR count). The smallest absolute Gasteiger partial charge is 0.353 e. The number of hydrogen-bond donors (Lipinski definition) is 0. The zero-order valence-electron chi connectivity index (χ0n) is 12.5. The summed E-state index contributed by atoms with van der Waals surface area (Å²) in [4.78, 5) is 24.4. The van der Waals surface area contributed by atoms with Gasteiger partial charge in [0.05, 0.1) is 18.1 Å².